The second-order valence-electron chi connectivity index (χ2n) is 5.80. The van der Waals surface area contributed by atoms with E-state index >= 15 is 0 Å². The highest BCUT2D eigenvalue weighted by Gasteiger charge is 2.13. The van der Waals surface area contributed by atoms with Gasteiger partial charge in [0.05, 0.1) is 13.2 Å². The average Bonchev–Trinajstić information content (AvgIpc) is 2.55. The lowest BCUT2D eigenvalue weighted by Gasteiger charge is -2.29. The van der Waals surface area contributed by atoms with Gasteiger partial charge in [-0.2, -0.15) is 0 Å². The van der Waals surface area contributed by atoms with E-state index in [1.165, 1.54) is 12.1 Å². The van der Waals surface area contributed by atoms with Gasteiger partial charge in [-0.05, 0) is 37.6 Å². The summed E-state index contributed by atoms with van der Waals surface area (Å²) in [5, 5.41) is 2.79. The van der Waals surface area contributed by atoms with Gasteiger partial charge in [0.1, 0.15) is 5.82 Å². The van der Waals surface area contributed by atoms with Crippen molar-refractivity contribution in [3.63, 3.8) is 0 Å². The Bertz CT molecular complexity index is 515. The van der Waals surface area contributed by atoms with Crippen LogP contribution >= 0.6 is 24.8 Å². The highest BCUT2D eigenvalue weighted by atomic mass is 35.5. The molecule has 8 heteroatoms. The summed E-state index contributed by atoms with van der Waals surface area (Å²) in [4.78, 5) is 14.0. The van der Waals surface area contributed by atoms with Crippen molar-refractivity contribution < 1.29 is 13.9 Å². The summed E-state index contributed by atoms with van der Waals surface area (Å²) in [6.45, 7) is 3.44. The molecule has 0 atom stereocenters. The number of unbranched alkanes of at least 4 members (excludes halogenated alkanes) is 3. The number of carbonyl (C=O) groups is 1. The number of halogens is 3. The quantitative estimate of drug-likeness (QED) is 0.662. The molecular weight excluding hydrogens is 368 g/mol. The van der Waals surface area contributed by atoms with Crippen LogP contribution in [0.4, 0.5) is 15.8 Å². The first-order valence-electron chi connectivity index (χ1n) is 8.32. The number of ether oxygens (including phenoxy) is 1. The smallest absolute Gasteiger partial charge is 0.224 e. The molecule has 0 spiro atoms. The van der Waals surface area contributed by atoms with Gasteiger partial charge in [0.15, 0.2) is 0 Å². The summed E-state index contributed by atoms with van der Waals surface area (Å²) in [5.41, 5.74) is 6.73. The SMILES string of the molecule is Cl.Cl.NCCCCCCC(=O)Nc1cc(F)cc(N2CCOCC2)c1. The fourth-order valence-corrected chi connectivity index (χ4v) is 2.66. The molecular formula is C17H28Cl2FN3O2. The molecule has 0 radical (unpaired) electrons. The van der Waals surface area contributed by atoms with Gasteiger partial charge >= 0.3 is 0 Å². The molecule has 1 aromatic rings. The Morgan fingerprint density at radius 3 is 2.48 bits per heavy atom. The number of nitrogens with one attached hydrogen (secondary N) is 1. The van der Waals surface area contributed by atoms with Crippen molar-refractivity contribution in [2.24, 2.45) is 5.73 Å². The molecule has 5 nitrogen and oxygen atoms in total. The predicted octanol–water partition coefficient (Wildman–Crippen LogP) is 3.35. The van der Waals surface area contributed by atoms with Crippen LogP contribution in [0, 0.1) is 5.82 Å². The highest BCUT2D eigenvalue weighted by Crippen LogP contribution is 2.23. The maximum atomic E-state index is 13.8. The summed E-state index contributed by atoms with van der Waals surface area (Å²) in [5.74, 6) is -0.413. The van der Waals surface area contributed by atoms with E-state index in [1.54, 1.807) is 0 Å². The number of morpholine rings is 1. The fraction of sp³-hybridized carbons (Fsp3) is 0.588. The Kier molecular flexibility index (Phi) is 12.6. The molecule has 1 aliphatic heterocycles. The van der Waals surface area contributed by atoms with Gasteiger partial charge in [-0.3, -0.25) is 4.79 Å². The monoisotopic (exact) mass is 395 g/mol. The number of amides is 1. The summed E-state index contributed by atoms with van der Waals surface area (Å²) < 4.78 is 19.1. The Hall–Kier alpha value is -1.08. The lowest BCUT2D eigenvalue weighted by atomic mass is 10.1. The molecule has 25 heavy (non-hydrogen) atoms. The van der Waals surface area contributed by atoms with Crippen LogP contribution in [0.1, 0.15) is 32.1 Å². The van der Waals surface area contributed by atoms with Gasteiger partial charge in [-0.15, -0.1) is 24.8 Å². The number of anilines is 2. The molecule has 2 rings (SSSR count). The molecule has 0 aromatic heterocycles. The van der Waals surface area contributed by atoms with Gasteiger partial charge < -0.3 is 20.7 Å². The van der Waals surface area contributed by atoms with Crippen LogP contribution in [-0.4, -0.2) is 38.8 Å². The molecule has 1 saturated heterocycles. The molecule has 1 aromatic carbocycles. The van der Waals surface area contributed by atoms with Gasteiger partial charge in [0.2, 0.25) is 5.91 Å². The van der Waals surface area contributed by atoms with Gasteiger partial charge in [-0.25, -0.2) is 4.39 Å². The summed E-state index contributed by atoms with van der Waals surface area (Å²) in [6.07, 6.45) is 4.32. The first-order valence-corrected chi connectivity index (χ1v) is 8.32. The molecule has 0 unspecified atom stereocenters. The number of benzene rings is 1. The maximum Gasteiger partial charge on any atom is 0.224 e. The zero-order valence-corrected chi connectivity index (χ0v) is 16.0. The minimum absolute atomic E-state index is 0. The lowest BCUT2D eigenvalue weighted by Crippen LogP contribution is -2.36. The van der Waals surface area contributed by atoms with E-state index in [-0.39, 0.29) is 36.5 Å². The number of rotatable bonds is 8. The van der Waals surface area contributed by atoms with E-state index in [0.717, 1.165) is 44.5 Å². The van der Waals surface area contributed by atoms with Crippen molar-refractivity contribution in [2.75, 3.05) is 43.1 Å². The average molecular weight is 396 g/mol. The highest BCUT2D eigenvalue weighted by molar-refractivity contribution is 5.91. The third kappa shape index (κ3) is 8.72. The number of hydrogen-bond acceptors (Lipinski definition) is 4. The minimum atomic E-state index is -0.341. The van der Waals surface area contributed by atoms with Gasteiger partial charge in [0, 0.05) is 30.9 Å². The van der Waals surface area contributed by atoms with E-state index in [4.69, 9.17) is 10.5 Å². The minimum Gasteiger partial charge on any atom is -0.378 e. The van der Waals surface area contributed by atoms with Crippen molar-refractivity contribution in [3.05, 3.63) is 24.0 Å². The van der Waals surface area contributed by atoms with Crippen LogP contribution in [0.15, 0.2) is 18.2 Å². The van der Waals surface area contributed by atoms with E-state index in [1.807, 2.05) is 6.07 Å². The van der Waals surface area contributed by atoms with Gasteiger partial charge in [-0.1, -0.05) is 12.8 Å². The molecule has 0 bridgehead atoms. The largest absolute Gasteiger partial charge is 0.378 e. The molecule has 1 fully saturated rings. The zero-order chi connectivity index (χ0) is 16.5. The topological polar surface area (TPSA) is 67.6 Å². The van der Waals surface area contributed by atoms with E-state index < -0.39 is 0 Å². The molecule has 3 N–H and O–H groups in total. The molecule has 144 valence electrons. The standard InChI is InChI=1S/C17H26FN3O2.2ClH/c18-14-11-15(20-17(22)5-3-1-2-4-6-19)13-16(12-14)21-7-9-23-10-8-21;;/h11-13H,1-10,19H2,(H,20,22);2*1H. The number of hydrogen-bond donors (Lipinski definition) is 2. The predicted molar refractivity (Wildman–Crippen MR) is 105 cm³/mol. The van der Waals surface area contributed by atoms with Crippen molar-refractivity contribution >= 4 is 42.1 Å². The number of nitrogens with two attached hydrogens (primary N) is 1. The summed E-state index contributed by atoms with van der Waals surface area (Å²) >= 11 is 0. The van der Waals surface area contributed by atoms with E-state index in [9.17, 15) is 9.18 Å². The first-order chi connectivity index (χ1) is 11.2. The van der Waals surface area contributed by atoms with Crippen molar-refractivity contribution in [3.8, 4) is 0 Å². The molecule has 1 amide bonds. The van der Waals surface area contributed by atoms with E-state index in [2.05, 4.69) is 10.2 Å². The second-order valence-corrected chi connectivity index (χ2v) is 5.80. The normalized spacial score (nSPS) is 13.6. The third-order valence-electron chi connectivity index (χ3n) is 3.90. The Morgan fingerprint density at radius 2 is 1.80 bits per heavy atom. The lowest BCUT2D eigenvalue weighted by molar-refractivity contribution is -0.116. The number of carbonyl (C=O) groups excluding carboxylic acids is 1. The van der Waals surface area contributed by atoms with Crippen molar-refractivity contribution in [2.45, 2.75) is 32.1 Å². The van der Waals surface area contributed by atoms with Crippen LogP contribution in [0.25, 0.3) is 0 Å². The maximum absolute atomic E-state index is 13.8. The fourth-order valence-electron chi connectivity index (χ4n) is 2.66. The number of nitrogens with zero attached hydrogens (tertiary/aromatic N) is 1. The zero-order valence-electron chi connectivity index (χ0n) is 14.3. The van der Waals surface area contributed by atoms with E-state index in [0.29, 0.717) is 31.9 Å². The summed E-state index contributed by atoms with van der Waals surface area (Å²) in [7, 11) is 0. The third-order valence-corrected chi connectivity index (χ3v) is 3.90. The van der Waals surface area contributed by atoms with Crippen molar-refractivity contribution in [1.82, 2.24) is 0 Å². The Morgan fingerprint density at radius 1 is 1.12 bits per heavy atom. The first kappa shape index (κ1) is 23.9. The van der Waals surface area contributed by atoms with Crippen LogP contribution < -0.4 is 16.0 Å². The Labute approximate surface area is 161 Å². The van der Waals surface area contributed by atoms with Crippen molar-refractivity contribution in [1.29, 1.82) is 0 Å². The molecule has 1 heterocycles. The van der Waals surface area contributed by atoms with Gasteiger partial charge in [0.25, 0.3) is 0 Å². The summed E-state index contributed by atoms with van der Waals surface area (Å²) in [6, 6.07) is 4.67. The second kappa shape index (κ2) is 13.2. The van der Waals surface area contributed by atoms with Crippen LogP contribution in [-0.2, 0) is 9.53 Å². The Balaban J connectivity index is 0.00000288. The van der Waals surface area contributed by atoms with Crippen LogP contribution in [0.2, 0.25) is 0 Å². The molecule has 1 aliphatic rings. The molecule has 0 saturated carbocycles. The van der Waals surface area contributed by atoms with Crippen LogP contribution in [0.5, 0.6) is 0 Å². The molecule has 0 aliphatic carbocycles. The van der Waals surface area contributed by atoms with Crippen LogP contribution in [0.3, 0.4) is 0 Å².